The zero-order valence-corrected chi connectivity index (χ0v) is 18.1. The largest absolute Gasteiger partial charge is 0.388 e. The van der Waals surface area contributed by atoms with Gasteiger partial charge in [0.1, 0.15) is 18.5 Å². The van der Waals surface area contributed by atoms with Crippen LogP contribution in [0.2, 0.25) is 0 Å². The zero-order chi connectivity index (χ0) is 22.2. The van der Waals surface area contributed by atoms with Crippen LogP contribution in [-0.2, 0) is 17.7 Å². The quantitative estimate of drug-likeness (QED) is 0.572. The first-order chi connectivity index (χ1) is 15.5. The van der Waals surface area contributed by atoms with Crippen molar-refractivity contribution in [3.63, 3.8) is 0 Å². The minimum Gasteiger partial charge on any atom is -0.388 e. The fourth-order valence-electron chi connectivity index (χ4n) is 4.16. The molecule has 8 nitrogen and oxygen atoms in total. The van der Waals surface area contributed by atoms with Gasteiger partial charge in [-0.05, 0) is 31.0 Å². The van der Waals surface area contributed by atoms with E-state index in [0.717, 1.165) is 28.9 Å². The molecule has 1 aromatic heterocycles. The minimum absolute atomic E-state index is 0.494. The van der Waals surface area contributed by atoms with Crippen LogP contribution in [0.15, 0.2) is 59.6 Å². The Kier molecular flexibility index (Phi) is 5.42. The SMILES string of the molecule is CCc1ccc(NN2C=Nc3c(c(-c4ccccc4)nn3[C@@H]3O[C@H](C)[C@@H](O)[C@H]3O)C2)cc1. The van der Waals surface area contributed by atoms with Crippen LogP contribution < -0.4 is 5.43 Å². The van der Waals surface area contributed by atoms with Gasteiger partial charge in [0.25, 0.3) is 0 Å². The molecule has 166 valence electrons. The fourth-order valence-corrected chi connectivity index (χ4v) is 4.16. The Morgan fingerprint density at radius 3 is 2.47 bits per heavy atom. The number of hydrazine groups is 1. The zero-order valence-electron chi connectivity index (χ0n) is 18.1. The van der Waals surface area contributed by atoms with Gasteiger partial charge >= 0.3 is 0 Å². The van der Waals surface area contributed by atoms with Gasteiger partial charge < -0.3 is 14.9 Å². The maximum Gasteiger partial charge on any atom is 0.181 e. The van der Waals surface area contributed by atoms with Crippen LogP contribution >= 0.6 is 0 Å². The van der Waals surface area contributed by atoms with Crippen molar-refractivity contribution in [3.8, 4) is 11.3 Å². The van der Waals surface area contributed by atoms with Gasteiger partial charge in [-0.25, -0.2) is 9.67 Å². The second-order valence-electron chi connectivity index (χ2n) is 8.21. The molecule has 8 heteroatoms. The van der Waals surface area contributed by atoms with Crippen molar-refractivity contribution in [2.24, 2.45) is 4.99 Å². The predicted octanol–water partition coefficient (Wildman–Crippen LogP) is 3.25. The molecule has 1 fully saturated rings. The molecule has 2 aliphatic heterocycles. The van der Waals surface area contributed by atoms with E-state index in [1.165, 1.54) is 5.56 Å². The van der Waals surface area contributed by atoms with E-state index in [4.69, 9.17) is 9.84 Å². The summed E-state index contributed by atoms with van der Waals surface area (Å²) in [5.41, 5.74) is 8.27. The number of hydrogen-bond donors (Lipinski definition) is 3. The van der Waals surface area contributed by atoms with Crippen molar-refractivity contribution >= 4 is 17.8 Å². The third kappa shape index (κ3) is 3.66. The summed E-state index contributed by atoms with van der Waals surface area (Å²) < 4.78 is 7.42. The number of aromatic nitrogens is 2. The Bertz CT molecular complexity index is 1110. The average molecular weight is 434 g/mol. The van der Waals surface area contributed by atoms with E-state index in [1.807, 2.05) is 35.3 Å². The summed E-state index contributed by atoms with van der Waals surface area (Å²) in [6.07, 6.45) is -0.643. The van der Waals surface area contributed by atoms with Gasteiger partial charge in [-0.1, -0.05) is 49.4 Å². The van der Waals surface area contributed by atoms with Crippen LogP contribution in [0.4, 0.5) is 11.5 Å². The Morgan fingerprint density at radius 1 is 1.06 bits per heavy atom. The number of aryl methyl sites for hydroxylation is 1. The molecule has 0 saturated carbocycles. The molecule has 0 unspecified atom stereocenters. The molecular formula is C24H27N5O3. The van der Waals surface area contributed by atoms with E-state index >= 15 is 0 Å². The standard InChI is InChI=1S/C24H27N5O3/c1-3-16-9-11-18(12-10-16)26-28-13-19-20(17-7-5-4-6-8-17)27-29(23(19)25-14-28)24-22(31)21(30)15(2)32-24/h4-12,14-15,21-22,24,26,30-31H,3,13H2,1-2H3/t15-,21-,22-,24-/m1/s1. The first-order valence-electron chi connectivity index (χ1n) is 10.9. The summed E-state index contributed by atoms with van der Waals surface area (Å²) in [7, 11) is 0. The predicted molar refractivity (Wildman–Crippen MR) is 122 cm³/mol. The van der Waals surface area contributed by atoms with Crippen molar-refractivity contribution in [1.82, 2.24) is 14.8 Å². The highest BCUT2D eigenvalue weighted by atomic mass is 16.6. The van der Waals surface area contributed by atoms with Gasteiger partial charge in [-0.3, -0.25) is 10.4 Å². The van der Waals surface area contributed by atoms with E-state index in [1.54, 1.807) is 17.9 Å². The van der Waals surface area contributed by atoms with Crippen LogP contribution in [0.3, 0.4) is 0 Å². The van der Waals surface area contributed by atoms with Crippen molar-refractivity contribution in [3.05, 3.63) is 65.7 Å². The van der Waals surface area contributed by atoms with Gasteiger partial charge in [0, 0.05) is 11.1 Å². The van der Waals surface area contributed by atoms with E-state index in [0.29, 0.717) is 12.4 Å². The van der Waals surface area contributed by atoms with Crippen LogP contribution in [0.25, 0.3) is 11.3 Å². The molecule has 3 heterocycles. The fraction of sp³-hybridized carbons (Fsp3) is 0.333. The van der Waals surface area contributed by atoms with Crippen LogP contribution in [0.1, 0.15) is 31.2 Å². The lowest BCUT2D eigenvalue weighted by atomic mass is 10.1. The molecule has 0 radical (unpaired) electrons. The summed E-state index contributed by atoms with van der Waals surface area (Å²) in [6, 6.07) is 18.2. The molecule has 0 spiro atoms. The number of rotatable bonds is 5. The summed E-state index contributed by atoms with van der Waals surface area (Å²) in [5, 5.41) is 27.4. The van der Waals surface area contributed by atoms with Gasteiger partial charge in [-0.15, -0.1) is 0 Å². The number of aliphatic hydroxyl groups is 2. The summed E-state index contributed by atoms with van der Waals surface area (Å²) >= 11 is 0. The van der Waals surface area contributed by atoms with Crippen LogP contribution in [0.5, 0.6) is 0 Å². The Balaban J connectivity index is 1.49. The second kappa shape index (κ2) is 8.38. The maximum absolute atomic E-state index is 10.5. The van der Waals surface area contributed by atoms with E-state index in [-0.39, 0.29) is 0 Å². The normalized spacial score (nSPS) is 24.6. The summed E-state index contributed by atoms with van der Waals surface area (Å²) in [4.78, 5) is 4.65. The third-order valence-electron chi connectivity index (χ3n) is 6.03. The number of benzene rings is 2. The molecule has 1 saturated heterocycles. The van der Waals surface area contributed by atoms with Crippen molar-refractivity contribution in [2.75, 3.05) is 5.43 Å². The maximum atomic E-state index is 10.5. The number of nitrogens with one attached hydrogen (secondary N) is 1. The number of aliphatic hydroxyl groups excluding tert-OH is 2. The lowest BCUT2D eigenvalue weighted by molar-refractivity contribution is -0.0384. The molecular weight excluding hydrogens is 406 g/mol. The van der Waals surface area contributed by atoms with Crippen molar-refractivity contribution in [2.45, 2.75) is 51.4 Å². The topological polar surface area (TPSA) is 95.1 Å². The smallest absolute Gasteiger partial charge is 0.181 e. The average Bonchev–Trinajstić information content (AvgIpc) is 3.32. The molecule has 32 heavy (non-hydrogen) atoms. The number of nitrogens with zero attached hydrogens (tertiary/aromatic N) is 4. The molecule has 5 rings (SSSR count). The molecule has 2 aromatic carbocycles. The summed E-state index contributed by atoms with van der Waals surface area (Å²) in [5.74, 6) is 0.619. The number of fused-ring (bicyclic) bond motifs is 1. The number of aliphatic imine (C=N–C) groups is 1. The van der Waals surface area contributed by atoms with E-state index in [9.17, 15) is 10.2 Å². The molecule has 3 N–H and O–H groups in total. The molecule has 0 bridgehead atoms. The van der Waals surface area contributed by atoms with Gasteiger partial charge in [0.05, 0.1) is 24.0 Å². The number of hydrogen-bond acceptors (Lipinski definition) is 7. The monoisotopic (exact) mass is 433 g/mol. The van der Waals surface area contributed by atoms with Gasteiger partial charge in [-0.2, -0.15) is 5.10 Å². The highest BCUT2D eigenvalue weighted by Gasteiger charge is 2.43. The summed E-state index contributed by atoms with van der Waals surface area (Å²) in [6.45, 7) is 4.40. The molecule has 3 aromatic rings. The Hall–Kier alpha value is -3.20. The third-order valence-corrected chi connectivity index (χ3v) is 6.03. The Morgan fingerprint density at radius 2 is 1.81 bits per heavy atom. The highest BCUT2D eigenvalue weighted by molar-refractivity contribution is 5.74. The van der Waals surface area contributed by atoms with Crippen molar-refractivity contribution in [1.29, 1.82) is 0 Å². The molecule has 0 aliphatic carbocycles. The first-order valence-corrected chi connectivity index (χ1v) is 10.9. The number of ether oxygens (including phenoxy) is 1. The second-order valence-corrected chi connectivity index (χ2v) is 8.21. The highest BCUT2D eigenvalue weighted by Crippen LogP contribution is 2.39. The van der Waals surface area contributed by atoms with Crippen molar-refractivity contribution < 1.29 is 14.9 Å². The van der Waals surface area contributed by atoms with Gasteiger partial charge in [0.2, 0.25) is 0 Å². The molecule has 4 atom stereocenters. The number of anilines is 1. The van der Waals surface area contributed by atoms with Gasteiger partial charge in [0.15, 0.2) is 12.0 Å². The lowest BCUT2D eigenvalue weighted by Gasteiger charge is -2.25. The minimum atomic E-state index is -1.08. The van der Waals surface area contributed by atoms with E-state index < -0.39 is 24.5 Å². The molecule has 0 amide bonds. The molecule has 2 aliphatic rings. The lowest BCUT2D eigenvalue weighted by Crippen LogP contribution is -2.32. The van der Waals surface area contributed by atoms with Crippen LogP contribution in [-0.4, -0.2) is 49.7 Å². The first kappa shape index (κ1) is 20.7. The van der Waals surface area contributed by atoms with Crippen LogP contribution in [0, 0.1) is 0 Å². The Labute approximate surface area is 186 Å². The van der Waals surface area contributed by atoms with E-state index in [2.05, 4.69) is 41.6 Å².